The summed E-state index contributed by atoms with van der Waals surface area (Å²) in [6.07, 6.45) is -3.81. The zero-order valence-corrected chi connectivity index (χ0v) is 8.97. The van der Waals surface area contributed by atoms with E-state index in [1.807, 2.05) is 0 Å². The van der Waals surface area contributed by atoms with E-state index in [9.17, 15) is 17.6 Å². The molecule has 0 fully saturated rings. The highest BCUT2D eigenvalue weighted by Crippen LogP contribution is 2.26. The first-order valence-corrected chi connectivity index (χ1v) is 5.07. The number of pyridine rings is 1. The molecule has 1 unspecified atom stereocenters. The fraction of sp³-hybridized carbons (Fsp3) is 0.500. The van der Waals surface area contributed by atoms with Crippen molar-refractivity contribution in [2.75, 3.05) is 0 Å². The maximum Gasteiger partial charge on any atom is 0.389 e. The Hall–Kier alpha value is -1.21. The van der Waals surface area contributed by atoms with Gasteiger partial charge in [0.05, 0.1) is 11.7 Å². The molecule has 7 heteroatoms. The third-order valence-corrected chi connectivity index (χ3v) is 2.27. The standard InChI is InChI=1S/C10H13F4N3/c11-7-3-2-6-16-9(7)8(17-15)4-1-5-10(12,13)14/h2-3,6,8,17H,1,4-5,15H2. The molecule has 0 aromatic carbocycles. The SMILES string of the molecule is NNC(CCCC(F)(F)F)c1ncccc1F. The monoisotopic (exact) mass is 251 g/mol. The van der Waals surface area contributed by atoms with Crippen LogP contribution in [0, 0.1) is 5.82 Å². The van der Waals surface area contributed by atoms with Crippen LogP contribution in [0.4, 0.5) is 17.6 Å². The summed E-state index contributed by atoms with van der Waals surface area (Å²) < 4.78 is 49.2. The number of alkyl halides is 3. The van der Waals surface area contributed by atoms with E-state index < -0.39 is 24.5 Å². The van der Waals surface area contributed by atoms with Gasteiger partial charge in [-0.3, -0.25) is 16.3 Å². The lowest BCUT2D eigenvalue weighted by molar-refractivity contribution is -0.135. The molecule has 0 aliphatic rings. The molecule has 0 spiro atoms. The maximum absolute atomic E-state index is 13.3. The van der Waals surface area contributed by atoms with Gasteiger partial charge in [0.15, 0.2) is 0 Å². The average Bonchev–Trinajstić information content (AvgIpc) is 2.24. The summed E-state index contributed by atoms with van der Waals surface area (Å²) in [5, 5.41) is 0. The summed E-state index contributed by atoms with van der Waals surface area (Å²) in [7, 11) is 0. The number of aromatic nitrogens is 1. The van der Waals surface area contributed by atoms with Gasteiger partial charge in [0.25, 0.3) is 0 Å². The van der Waals surface area contributed by atoms with Crippen LogP contribution in [-0.2, 0) is 0 Å². The minimum Gasteiger partial charge on any atom is -0.271 e. The lowest BCUT2D eigenvalue weighted by Gasteiger charge is -2.16. The van der Waals surface area contributed by atoms with Crippen LogP contribution in [0.25, 0.3) is 0 Å². The van der Waals surface area contributed by atoms with Crippen LogP contribution in [-0.4, -0.2) is 11.2 Å². The van der Waals surface area contributed by atoms with E-state index in [2.05, 4.69) is 10.4 Å². The number of hydrogen-bond acceptors (Lipinski definition) is 3. The molecule has 0 saturated carbocycles. The molecule has 0 saturated heterocycles. The summed E-state index contributed by atoms with van der Waals surface area (Å²) in [6.45, 7) is 0. The molecule has 1 heterocycles. The molecule has 17 heavy (non-hydrogen) atoms. The molecule has 3 nitrogen and oxygen atoms in total. The van der Waals surface area contributed by atoms with Gasteiger partial charge in [-0.15, -0.1) is 0 Å². The van der Waals surface area contributed by atoms with E-state index in [4.69, 9.17) is 5.84 Å². The van der Waals surface area contributed by atoms with Crippen LogP contribution >= 0.6 is 0 Å². The Labute approximate surface area is 96.0 Å². The molecule has 0 radical (unpaired) electrons. The number of hydrazine groups is 1. The molecular weight excluding hydrogens is 238 g/mol. The van der Waals surface area contributed by atoms with Crippen molar-refractivity contribution < 1.29 is 17.6 Å². The second-order valence-electron chi connectivity index (χ2n) is 3.60. The van der Waals surface area contributed by atoms with Crippen LogP contribution in [0.1, 0.15) is 31.0 Å². The van der Waals surface area contributed by atoms with Gasteiger partial charge in [-0.1, -0.05) is 0 Å². The molecule has 1 rings (SSSR count). The number of nitrogens with zero attached hydrogens (tertiary/aromatic N) is 1. The smallest absolute Gasteiger partial charge is 0.271 e. The van der Waals surface area contributed by atoms with Crippen LogP contribution in [0.2, 0.25) is 0 Å². The predicted octanol–water partition coefficient (Wildman–Crippen LogP) is 2.46. The molecule has 3 N–H and O–H groups in total. The van der Waals surface area contributed by atoms with Gasteiger partial charge in [-0.25, -0.2) is 4.39 Å². The van der Waals surface area contributed by atoms with Crippen molar-refractivity contribution in [2.24, 2.45) is 5.84 Å². The molecule has 1 atom stereocenters. The number of rotatable bonds is 5. The Morgan fingerprint density at radius 3 is 2.65 bits per heavy atom. The molecule has 1 aromatic heterocycles. The van der Waals surface area contributed by atoms with Crippen LogP contribution in [0.15, 0.2) is 18.3 Å². The number of halogens is 4. The maximum atomic E-state index is 13.3. The summed E-state index contributed by atoms with van der Waals surface area (Å²) in [5.41, 5.74) is 2.31. The Morgan fingerprint density at radius 2 is 2.12 bits per heavy atom. The molecule has 0 bridgehead atoms. The third-order valence-electron chi connectivity index (χ3n) is 2.27. The summed E-state index contributed by atoms with van der Waals surface area (Å²) >= 11 is 0. The van der Waals surface area contributed by atoms with Gasteiger partial charge in [0.2, 0.25) is 0 Å². The Morgan fingerprint density at radius 1 is 1.41 bits per heavy atom. The van der Waals surface area contributed by atoms with Crippen molar-refractivity contribution in [3.05, 3.63) is 29.8 Å². The summed E-state index contributed by atoms with van der Waals surface area (Å²) in [4.78, 5) is 3.77. The van der Waals surface area contributed by atoms with Crippen molar-refractivity contribution in [1.29, 1.82) is 0 Å². The topological polar surface area (TPSA) is 50.9 Å². The van der Waals surface area contributed by atoms with E-state index in [0.29, 0.717) is 0 Å². The van der Waals surface area contributed by atoms with Crippen molar-refractivity contribution in [2.45, 2.75) is 31.5 Å². The van der Waals surface area contributed by atoms with Gasteiger partial charge in [-0.2, -0.15) is 13.2 Å². The Balaban J connectivity index is 2.58. The Kier molecular flexibility index (Phi) is 4.83. The molecule has 0 aliphatic heterocycles. The molecular formula is C10H13F4N3. The van der Waals surface area contributed by atoms with Crippen molar-refractivity contribution in [3.8, 4) is 0 Å². The van der Waals surface area contributed by atoms with E-state index >= 15 is 0 Å². The van der Waals surface area contributed by atoms with E-state index in [0.717, 1.165) is 0 Å². The second kappa shape index (κ2) is 5.92. The predicted molar refractivity (Wildman–Crippen MR) is 54.2 cm³/mol. The second-order valence-corrected chi connectivity index (χ2v) is 3.60. The minimum atomic E-state index is -4.21. The molecule has 96 valence electrons. The zero-order chi connectivity index (χ0) is 12.9. The first kappa shape index (κ1) is 13.9. The lowest BCUT2D eigenvalue weighted by atomic mass is 10.1. The number of hydrogen-bond donors (Lipinski definition) is 2. The highest BCUT2D eigenvalue weighted by molar-refractivity contribution is 5.11. The summed E-state index contributed by atoms with van der Waals surface area (Å²) in [5.74, 6) is 4.60. The van der Waals surface area contributed by atoms with E-state index in [-0.39, 0.29) is 18.5 Å². The lowest BCUT2D eigenvalue weighted by Crippen LogP contribution is -2.29. The highest BCUT2D eigenvalue weighted by Gasteiger charge is 2.27. The van der Waals surface area contributed by atoms with Gasteiger partial charge >= 0.3 is 6.18 Å². The fourth-order valence-corrected chi connectivity index (χ4v) is 1.46. The minimum absolute atomic E-state index is 0.0391. The van der Waals surface area contributed by atoms with Gasteiger partial charge in [0.1, 0.15) is 5.82 Å². The van der Waals surface area contributed by atoms with Gasteiger partial charge < -0.3 is 0 Å². The van der Waals surface area contributed by atoms with E-state index in [1.54, 1.807) is 0 Å². The number of nitrogens with one attached hydrogen (secondary N) is 1. The fourth-order valence-electron chi connectivity index (χ4n) is 1.46. The van der Waals surface area contributed by atoms with Crippen molar-refractivity contribution >= 4 is 0 Å². The largest absolute Gasteiger partial charge is 0.389 e. The van der Waals surface area contributed by atoms with Gasteiger partial charge in [-0.05, 0) is 25.0 Å². The molecule has 0 aliphatic carbocycles. The van der Waals surface area contributed by atoms with Crippen LogP contribution < -0.4 is 11.3 Å². The highest BCUT2D eigenvalue weighted by atomic mass is 19.4. The van der Waals surface area contributed by atoms with Crippen LogP contribution in [0.5, 0.6) is 0 Å². The normalized spacial score (nSPS) is 13.7. The quantitative estimate of drug-likeness (QED) is 0.480. The first-order chi connectivity index (χ1) is 7.94. The van der Waals surface area contributed by atoms with E-state index in [1.165, 1.54) is 18.3 Å². The van der Waals surface area contributed by atoms with Crippen molar-refractivity contribution in [1.82, 2.24) is 10.4 Å². The van der Waals surface area contributed by atoms with Gasteiger partial charge in [0, 0.05) is 12.6 Å². The average molecular weight is 251 g/mol. The summed E-state index contributed by atoms with van der Waals surface area (Å²) in [6, 6.07) is 1.89. The van der Waals surface area contributed by atoms with Crippen molar-refractivity contribution in [3.63, 3.8) is 0 Å². The molecule has 0 amide bonds. The third kappa shape index (κ3) is 4.66. The first-order valence-electron chi connectivity index (χ1n) is 5.07. The van der Waals surface area contributed by atoms with Crippen LogP contribution in [0.3, 0.4) is 0 Å². The number of nitrogens with two attached hydrogens (primary N) is 1. The Bertz CT molecular complexity index is 354. The zero-order valence-electron chi connectivity index (χ0n) is 8.97. The molecule has 1 aromatic rings.